The molecule has 2 aromatic carbocycles. The molecule has 2 aromatic rings. The third-order valence-corrected chi connectivity index (χ3v) is 4.83. The summed E-state index contributed by atoms with van der Waals surface area (Å²) in [5.74, 6) is 1.01. The predicted octanol–water partition coefficient (Wildman–Crippen LogP) is 3.83. The van der Waals surface area contributed by atoms with E-state index in [1.165, 1.54) is 6.07 Å². The van der Waals surface area contributed by atoms with Gasteiger partial charge in [0.1, 0.15) is 11.5 Å². The molecule has 1 heterocycles. The fourth-order valence-corrected chi connectivity index (χ4v) is 3.25. The molecule has 156 valence electrons. The summed E-state index contributed by atoms with van der Waals surface area (Å²) in [5.41, 5.74) is -0.165. The summed E-state index contributed by atoms with van der Waals surface area (Å²) in [4.78, 5) is 16.2. The first-order valence-corrected chi connectivity index (χ1v) is 9.29. The van der Waals surface area contributed by atoms with Crippen LogP contribution in [0, 0.1) is 0 Å². The van der Waals surface area contributed by atoms with Gasteiger partial charge in [-0.3, -0.25) is 4.79 Å². The number of hydrogen-bond acceptors (Lipinski definition) is 4. The summed E-state index contributed by atoms with van der Waals surface area (Å²) in [6, 6.07) is 12.3. The standard InChI is InChI=1S/C21H23F3N2O3/c1-15(29-19-8-4-7-18(14-19)28-2)20(27)26-11-9-25(10-12-26)17-6-3-5-16(13-17)21(22,23)24/h3-8,13-15H,9-12H2,1-2H3/t15-/m1/s1. The Morgan fingerprint density at radius 3 is 2.31 bits per heavy atom. The van der Waals surface area contributed by atoms with Gasteiger partial charge in [0.25, 0.3) is 5.91 Å². The quantitative estimate of drug-likeness (QED) is 0.754. The number of amides is 1. The van der Waals surface area contributed by atoms with E-state index in [1.54, 1.807) is 49.3 Å². The molecule has 3 rings (SSSR count). The summed E-state index contributed by atoms with van der Waals surface area (Å²) in [6.07, 6.45) is -5.05. The normalized spacial score (nSPS) is 15.8. The minimum Gasteiger partial charge on any atom is -0.497 e. The summed E-state index contributed by atoms with van der Waals surface area (Å²) in [5, 5.41) is 0. The maximum atomic E-state index is 12.9. The minimum absolute atomic E-state index is 0.156. The summed E-state index contributed by atoms with van der Waals surface area (Å²) in [7, 11) is 1.55. The van der Waals surface area contributed by atoms with Gasteiger partial charge in [-0.25, -0.2) is 0 Å². The zero-order valence-corrected chi connectivity index (χ0v) is 16.3. The molecule has 1 aliphatic rings. The maximum absolute atomic E-state index is 12.9. The molecule has 0 unspecified atom stereocenters. The van der Waals surface area contributed by atoms with Crippen LogP contribution < -0.4 is 14.4 Å². The number of methoxy groups -OCH3 is 1. The summed E-state index contributed by atoms with van der Waals surface area (Å²) >= 11 is 0. The maximum Gasteiger partial charge on any atom is 0.416 e. The van der Waals surface area contributed by atoms with Gasteiger partial charge in [-0.2, -0.15) is 13.2 Å². The van der Waals surface area contributed by atoms with Crippen LogP contribution in [-0.4, -0.2) is 50.2 Å². The van der Waals surface area contributed by atoms with Gasteiger partial charge in [0, 0.05) is 37.9 Å². The van der Waals surface area contributed by atoms with Crippen LogP contribution in [-0.2, 0) is 11.0 Å². The van der Waals surface area contributed by atoms with Gasteiger partial charge in [0.2, 0.25) is 0 Å². The van der Waals surface area contributed by atoms with Crippen molar-refractivity contribution in [2.24, 2.45) is 0 Å². The highest BCUT2D eigenvalue weighted by molar-refractivity contribution is 5.81. The van der Waals surface area contributed by atoms with Crippen molar-refractivity contribution in [2.45, 2.75) is 19.2 Å². The summed E-state index contributed by atoms with van der Waals surface area (Å²) < 4.78 is 49.6. The van der Waals surface area contributed by atoms with Crippen LogP contribution >= 0.6 is 0 Å². The zero-order chi connectivity index (χ0) is 21.0. The van der Waals surface area contributed by atoms with Crippen LogP contribution in [0.4, 0.5) is 18.9 Å². The van der Waals surface area contributed by atoms with Crippen molar-refractivity contribution < 1.29 is 27.4 Å². The Morgan fingerprint density at radius 1 is 1.00 bits per heavy atom. The molecule has 1 aliphatic heterocycles. The van der Waals surface area contributed by atoms with Crippen LogP contribution in [0.5, 0.6) is 11.5 Å². The van der Waals surface area contributed by atoms with Crippen molar-refractivity contribution in [3.05, 3.63) is 54.1 Å². The Bertz CT molecular complexity index is 849. The minimum atomic E-state index is -4.37. The molecule has 0 spiro atoms. The highest BCUT2D eigenvalue weighted by Crippen LogP contribution is 2.32. The van der Waals surface area contributed by atoms with Gasteiger partial charge in [-0.15, -0.1) is 0 Å². The van der Waals surface area contributed by atoms with E-state index in [-0.39, 0.29) is 5.91 Å². The zero-order valence-electron chi connectivity index (χ0n) is 16.3. The number of carbonyl (C=O) groups is 1. The van der Waals surface area contributed by atoms with E-state index in [4.69, 9.17) is 9.47 Å². The first kappa shape index (κ1) is 20.8. The molecule has 0 bridgehead atoms. The Labute approximate surface area is 167 Å². The molecule has 0 radical (unpaired) electrons. The van der Waals surface area contributed by atoms with E-state index in [0.29, 0.717) is 43.4 Å². The molecular formula is C21H23F3N2O3. The third-order valence-electron chi connectivity index (χ3n) is 4.83. The SMILES string of the molecule is COc1cccc(O[C@H](C)C(=O)N2CCN(c3cccc(C(F)(F)F)c3)CC2)c1. The molecule has 1 fully saturated rings. The highest BCUT2D eigenvalue weighted by Gasteiger charge is 2.31. The van der Waals surface area contributed by atoms with Crippen LogP contribution in [0.15, 0.2) is 48.5 Å². The topological polar surface area (TPSA) is 42.0 Å². The molecule has 0 aliphatic carbocycles. The molecule has 1 atom stereocenters. The number of hydrogen-bond donors (Lipinski definition) is 0. The fraction of sp³-hybridized carbons (Fsp3) is 0.381. The van der Waals surface area contributed by atoms with E-state index < -0.39 is 17.8 Å². The van der Waals surface area contributed by atoms with Gasteiger partial charge in [-0.05, 0) is 37.3 Å². The smallest absolute Gasteiger partial charge is 0.416 e. The van der Waals surface area contributed by atoms with Crippen molar-refractivity contribution in [3.63, 3.8) is 0 Å². The first-order valence-electron chi connectivity index (χ1n) is 9.29. The van der Waals surface area contributed by atoms with E-state index in [1.807, 2.05) is 4.90 Å². The predicted molar refractivity (Wildman–Crippen MR) is 103 cm³/mol. The number of rotatable bonds is 5. The molecule has 0 N–H and O–H groups in total. The van der Waals surface area contributed by atoms with Crippen molar-refractivity contribution in [1.82, 2.24) is 4.90 Å². The second-order valence-electron chi connectivity index (χ2n) is 6.80. The first-order chi connectivity index (χ1) is 13.8. The molecule has 0 saturated carbocycles. The van der Waals surface area contributed by atoms with Crippen LogP contribution in [0.2, 0.25) is 0 Å². The second-order valence-corrected chi connectivity index (χ2v) is 6.80. The lowest BCUT2D eigenvalue weighted by Gasteiger charge is -2.37. The second kappa shape index (κ2) is 8.63. The number of anilines is 1. The lowest BCUT2D eigenvalue weighted by atomic mass is 10.1. The Kier molecular flexibility index (Phi) is 6.20. The molecule has 1 saturated heterocycles. The number of benzene rings is 2. The van der Waals surface area contributed by atoms with Gasteiger partial charge >= 0.3 is 6.18 Å². The highest BCUT2D eigenvalue weighted by atomic mass is 19.4. The number of piperazine rings is 1. The van der Waals surface area contributed by atoms with Crippen molar-refractivity contribution in [2.75, 3.05) is 38.2 Å². The average Bonchev–Trinajstić information content (AvgIpc) is 2.73. The number of halogens is 3. The molecule has 1 amide bonds. The molecular weight excluding hydrogens is 385 g/mol. The monoisotopic (exact) mass is 408 g/mol. The van der Waals surface area contributed by atoms with Crippen molar-refractivity contribution in [1.29, 1.82) is 0 Å². The largest absolute Gasteiger partial charge is 0.497 e. The van der Waals surface area contributed by atoms with Crippen LogP contribution in [0.25, 0.3) is 0 Å². The fourth-order valence-electron chi connectivity index (χ4n) is 3.25. The van der Waals surface area contributed by atoms with E-state index in [0.717, 1.165) is 12.1 Å². The van der Waals surface area contributed by atoms with Crippen LogP contribution in [0.3, 0.4) is 0 Å². The number of ether oxygens (including phenoxy) is 2. The Morgan fingerprint density at radius 2 is 1.66 bits per heavy atom. The number of carbonyl (C=O) groups excluding carboxylic acids is 1. The Hall–Kier alpha value is -2.90. The lowest BCUT2D eigenvalue weighted by molar-refractivity contribution is -0.138. The van der Waals surface area contributed by atoms with Gasteiger partial charge < -0.3 is 19.3 Å². The van der Waals surface area contributed by atoms with Gasteiger partial charge in [-0.1, -0.05) is 12.1 Å². The van der Waals surface area contributed by atoms with E-state index >= 15 is 0 Å². The average molecular weight is 408 g/mol. The number of alkyl halides is 3. The summed E-state index contributed by atoms with van der Waals surface area (Å²) in [6.45, 7) is 3.43. The van der Waals surface area contributed by atoms with E-state index in [9.17, 15) is 18.0 Å². The van der Waals surface area contributed by atoms with Crippen LogP contribution in [0.1, 0.15) is 12.5 Å². The molecule has 8 heteroatoms. The Balaban J connectivity index is 1.58. The van der Waals surface area contributed by atoms with Gasteiger partial charge in [0.05, 0.1) is 12.7 Å². The molecule has 5 nitrogen and oxygen atoms in total. The lowest BCUT2D eigenvalue weighted by Crippen LogP contribution is -2.52. The van der Waals surface area contributed by atoms with E-state index in [2.05, 4.69) is 0 Å². The molecule has 0 aromatic heterocycles. The van der Waals surface area contributed by atoms with Crippen molar-refractivity contribution in [3.8, 4) is 11.5 Å². The third kappa shape index (κ3) is 5.13. The molecule has 29 heavy (non-hydrogen) atoms. The van der Waals surface area contributed by atoms with Crippen molar-refractivity contribution >= 4 is 11.6 Å². The van der Waals surface area contributed by atoms with Gasteiger partial charge in [0.15, 0.2) is 6.10 Å². The number of nitrogens with zero attached hydrogens (tertiary/aromatic N) is 2.